The van der Waals surface area contributed by atoms with Crippen LogP contribution in [0, 0.1) is 6.92 Å². The van der Waals surface area contributed by atoms with Crippen molar-refractivity contribution in [1.82, 2.24) is 10.2 Å². The maximum Gasteiger partial charge on any atom is 0.306 e. The van der Waals surface area contributed by atoms with E-state index < -0.39 is 10.1 Å². The molecule has 1 aromatic heterocycles. The van der Waals surface area contributed by atoms with E-state index >= 15 is 0 Å². The van der Waals surface area contributed by atoms with Crippen LogP contribution in [0.25, 0.3) is 22.3 Å². The number of carbonyl (C=O) groups excluding carboxylic acids is 1. The molecule has 0 bridgehead atoms. The van der Waals surface area contributed by atoms with Crippen LogP contribution in [0.3, 0.4) is 0 Å². The Kier molecular flexibility index (Phi) is 9.02. The van der Waals surface area contributed by atoms with Gasteiger partial charge in [-0.3, -0.25) is 14.5 Å². The normalized spacial score (nSPS) is 14.1. The summed E-state index contributed by atoms with van der Waals surface area (Å²) in [6.45, 7) is 6.23. The smallest absolute Gasteiger partial charge is 0.306 e. The van der Waals surface area contributed by atoms with Crippen LogP contribution in [-0.2, 0) is 10.1 Å². The minimum atomic E-state index is -3.62. The lowest BCUT2D eigenvalue weighted by Gasteiger charge is -2.36. The molecule has 0 aliphatic carbocycles. The van der Waals surface area contributed by atoms with Crippen molar-refractivity contribution in [3.05, 3.63) is 88.1 Å². The number of hydrogen-bond donors (Lipinski definition) is 1. The third-order valence-electron chi connectivity index (χ3n) is 7.47. The lowest BCUT2D eigenvalue weighted by atomic mass is 10.0. The molecule has 0 radical (unpaired) electrons. The van der Waals surface area contributed by atoms with E-state index in [1.165, 1.54) is 0 Å². The second-order valence-electron chi connectivity index (χ2n) is 10.5. The van der Waals surface area contributed by atoms with Crippen molar-refractivity contribution in [1.29, 1.82) is 0 Å². The van der Waals surface area contributed by atoms with Crippen LogP contribution in [0.2, 0.25) is 0 Å². The summed E-state index contributed by atoms with van der Waals surface area (Å²) in [5.41, 5.74) is 2.64. The number of nitrogens with one attached hydrogen (secondary N) is 1. The van der Waals surface area contributed by atoms with Crippen molar-refractivity contribution < 1.29 is 26.5 Å². The molecule has 0 unspecified atom stereocenters. The van der Waals surface area contributed by atoms with Crippen molar-refractivity contribution in [3.8, 4) is 22.8 Å². The zero-order valence-corrected chi connectivity index (χ0v) is 25.3. The Labute approximate surface area is 250 Å². The number of piperazine rings is 1. The summed E-state index contributed by atoms with van der Waals surface area (Å²) < 4.78 is 39.6. The average Bonchev–Trinajstić information content (AvgIpc) is 3.00. The van der Waals surface area contributed by atoms with Crippen molar-refractivity contribution in [3.63, 3.8) is 0 Å². The summed E-state index contributed by atoms with van der Waals surface area (Å²) in [7, 11) is -2.08. The Bertz CT molecular complexity index is 1780. The summed E-state index contributed by atoms with van der Waals surface area (Å²) in [4.78, 5) is 30.8. The first-order valence-electron chi connectivity index (χ1n) is 14.1. The number of nitrogens with zero attached hydrogens (tertiary/aromatic N) is 2. The molecule has 5 rings (SSSR count). The SMILES string of the molecule is COc1cc(OS(C)(=O)=O)ccc1N1CCN(CCCNC(=O)c2cccc3c(=O)c(C)c(-c4ccccc4)oc23)CC1. The predicted octanol–water partition coefficient (Wildman–Crippen LogP) is 4.06. The van der Waals surface area contributed by atoms with E-state index in [0.717, 1.165) is 56.7 Å². The van der Waals surface area contributed by atoms with Gasteiger partial charge < -0.3 is 23.6 Å². The molecule has 3 aromatic carbocycles. The fourth-order valence-electron chi connectivity index (χ4n) is 5.31. The van der Waals surface area contributed by atoms with E-state index in [4.69, 9.17) is 13.3 Å². The quantitative estimate of drug-likeness (QED) is 0.211. The number of carbonyl (C=O) groups is 1. The van der Waals surface area contributed by atoms with Gasteiger partial charge in [0.25, 0.3) is 5.91 Å². The van der Waals surface area contributed by atoms with Crippen LogP contribution in [0.4, 0.5) is 5.69 Å². The highest BCUT2D eigenvalue weighted by molar-refractivity contribution is 7.86. The molecule has 1 amide bonds. The average molecular weight is 606 g/mol. The van der Waals surface area contributed by atoms with Gasteiger partial charge in [0, 0.05) is 49.9 Å². The molecule has 10 nitrogen and oxygen atoms in total. The zero-order chi connectivity index (χ0) is 30.6. The number of hydrogen-bond acceptors (Lipinski definition) is 9. The number of benzene rings is 3. The molecule has 226 valence electrons. The van der Waals surface area contributed by atoms with Gasteiger partial charge in [-0.15, -0.1) is 0 Å². The van der Waals surface area contributed by atoms with Gasteiger partial charge in [-0.2, -0.15) is 8.42 Å². The Hall–Kier alpha value is -4.35. The predicted molar refractivity (Wildman–Crippen MR) is 167 cm³/mol. The van der Waals surface area contributed by atoms with Gasteiger partial charge in [0.15, 0.2) is 11.0 Å². The third kappa shape index (κ3) is 7.00. The van der Waals surface area contributed by atoms with E-state index in [2.05, 4.69) is 15.1 Å². The van der Waals surface area contributed by atoms with Gasteiger partial charge in [0.2, 0.25) is 0 Å². The topological polar surface area (TPSA) is 118 Å². The lowest BCUT2D eigenvalue weighted by Crippen LogP contribution is -2.47. The highest BCUT2D eigenvalue weighted by Gasteiger charge is 2.21. The van der Waals surface area contributed by atoms with Crippen molar-refractivity contribution in [2.45, 2.75) is 13.3 Å². The Morgan fingerprint density at radius 3 is 2.44 bits per heavy atom. The molecule has 4 aromatic rings. The maximum atomic E-state index is 13.2. The third-order valence-corrected chi connectivity index (χ3v) is 7.97. The van der Waals surface area contributed by atoms with Gasteiger partial charge in [0.05, 0.1) is 30.0 Å². The first kappa shape index (κ1) is 30.1. The highest BCUT2D eigenvalue weighted by Crippen LogP contribution is 2.33. The number of anilines is 1. The fourth-order valence-corrected chi connectivity index (χ4v) is 5.76. The first-order chi connectivity index (χ1) is 20.6. The molecule has 43 heavy (non-hydrogen) atoms. The number of para-hydroxylation sites is 1. The molecule has 0 saturated carbocycles. The highest BCUT2D eigenvalue weighted by atomic mass is 32.2. The van der Waals surface area contributed by atoms with Gasteiger partial charge in [-0.25, -0.2) is 0 Å². The van der Waals surface area contributed by atoms with Crippen molar-refractivity contribution >= 4 is 32.7 Å². The van der Waals surface area contributed by atoms with E-state index in [1.807, 2.05) is 36.4 Å². The summed E-state index contributed by atoms with van der Waals surface area (Å²) in [5, 5.41) is 3.37. The van der Waals surface area contributed by atoms with Crippen LogP contribution in [-0.4, -0.2) is 71.9 Å². The zero-order valence-electron chi connectivity index (χ0n) is 24.5. The minimum Gasteiger partial charge on any atom is -0.494 e. The van der Waals surface area contributed by atoms with Gasteiger partial charge in [0.1, 0.15) is 17.3 Å². The standard InChI is InChI=1S/C32H35N3O7S/c1-22-29(36)25-11-7-12-26(31(25)41-30(22)23-9-5-4-6-10-23)32(37)33-15-8-16-34-17-19-35(20-18-34)27-14-13-24(21-28(27)40-2)42-43(3,38)39/h4-7,9-14,21H,8,15-20H2,1-3H3,(H,33,37). The summed E-state index contributed by atoms with van der Waals surface area (Å²) >= 11 is 0. The molecule has 1 saturated heterocycles. The first-order valence-corrected chi connectivity index (χ1v) is 15.9. The van der Waals surface area contributed by atoms with E-state index in [0.29, 0.717) is 34.6 Å². The molecule has 0 atom stereocenters. The molecule has 1 aliphatic heterocycles. The number of methoxy groups -OCH3 is 1. The van der Waals surface area contributed by atoms with Crippen LogP contribution in [0.1, 0.15) is 22.3 Å². The van der Waals surface area contributed by atoms with Crippen LogP contribution >= 0.6 is 0 Å². The monoisotopic (exact) mass is 605 g/mol. The molecule has 0 spiro atoms. The minimum absolute atomic E-state index is 0.148. The Balaban J connectivity index is 1.16. The van der Waals surface area contributed by atoms with Crippen LogP contribution in [0.5, 0.6) is 11.5 Å². The van der Waals surface area contributed by atoms with Crippen LogP contribution < -0.4 is 24.6 Å². The molecule has 1 N–H and O–H groups in total. The van der Waals surface area contributed by atoms with Crippen molar-refractivity contribution in [2.24, 2.45) is 0 Å². The number of ether oxygens (including phenoxy) is 1. The second kappa shape index (κ2) is 12.9. The Morgan fingerprint density at radius 1 is 1.00 bits per heavy atom. The number of fused-ring (bicyclic) bond motifs is 1. The van der Waals surface area contributed by atoms with E-state index in [9.17, 15) is 18.0 Å². The molecule has 11 heteroatoms. The van der Waals surface area contributed by atoms with Crippen molar-refractivity contribution in [2.75, 3.05) is 57.5 Å². The molecule has 1 aliphatic rings. The van der Waals surface area contributed by atoms with E-state index in [1.54, 1.807) is 44.4 Å². The van der Waals surface area contributed by atoms with Crippen LogP contribution in [0.15, 0.2) is 75.9 Å². The molecular weight excluding hydrogens is 570 g/mol. The summed E-state index contributed by atoms with van der Waals surface area (Å²) in [6.07, 6.45) is 1.76. The Morgan fingerprint density at radius 2 is 1.74 bits per heavy atom. The lowest BCUT2D eigenvalue weighted by molar-refractivity contribution is 0.0952. The van der Waals surface area contributed by atoms with Gasteiger partial charge >= 0.3 is 10.1 Å². The number of amides is 1. The largest absolute Gasteiger partial charge is 0.494 e. The summed E-state index contributed by atoms with van der Waals surface area (Å²) in [6, 6.07) is 19.5. The van der Waals surface area contributed by atoms with E-state index in [-0.39, 0.29) is 22.7 Å². The number of rotatable bonds is 10. The fraction of sp³-hybridized carbons (Fsp3) is 0.312. The van der Waals surface area contributed by atoms with Gasteiger partial charge in [-0.1, -0.05) is 36.4 Å². The molecule has 1 fully saturated rings. The van der Waals surface area contributed by atoms with Gasteiger partial charge in [-0.05, 0) is 44.2 Å². The summed E-state index contributed by atoms with van der Waals surface area (Å²) in [5.74, 6) is 0.943. The molecule has 2 heterocycles. The maximum absolute atomic E-state index is 13.2. The molecular formula is C32H35N3O7S. The second-order valence-corrected chi connectivity index (χ2v) is 12.1.